The molecular weight excluding hydrogens is 202 g/mol. The minimum atomic E-state index is -0.311. The Morgan fingerprint density at radius 1 is 1.06 bits per heavy atom. The Morgan fingerprint density at radius 2 is 1.81 bits per heavy atom. The van der Waals surface area contributed by atoms with E-state index >= 15 is 0 Å². The van der Waals surface area contributed by atoms with Gasteiger partial charge in [-0.15, -0.1) is 0 Å². The van der Waals surface area contributed by atoms with Crippen molar-refractivity contribution in [3.05, 3.63) is 52.5 Å². The summed E-state index contributed by atoms with van der Waals surface area (Å²) in [4.78, 5) is 16.1. The average Bonchev–Trinajstić information content (AvgIpc) is 2.31. The summed E-state index contributed by atoms with van der Waals surface area (Å²) in [5.41, 5.74) is 1.88. The highest BCUT2D eigenvalue weighted by Gasteiger charge is 2.07. The standard InChI is InChI=1S/C13H9NO2/c1-8-6-7-11-12(14-8)9-4-2-3-5-10(9)13(15)16-11/h2-7H,1H3. The van der Waals surface area contributed by atoms with Crippen molar-refractivity contribution in [3.8, 4) is 0 Å². The maximum Gasteiger partial charge on any atom is 0.344 e. The number of fused-ring (bicyclic) bond motifs is 3. The summed E-state index contributed by atoms with van der Waals surface area (Å²) in [7, 11) is 0. The molecule has 1 aromatic carbocycles. The van der Waals surface area contributed by atoms with Crippen LogP contribution in [-0.2, 0) is 0 Å². The molecule has 0 aliphatic heterocycles. The average molecular weight is 211 g/mol. The number of hydrogen-bond donors (Lipinski definition) is 0. The number of rotatable bonds is 0. The second-order valence-electron chi connectivity index (χ2n) is 3.73. The van der Waals surface area contributed by atoms with Crippen molar-refractivity contribution < 1.29 is 4.42 Å². The van der Waals surface area contributed by atoms with Gasteiger partial charge >= 0.3 is 5.63 Å². The minimum absolute atomic E-state index is 0.311. The topological polar surface area (TPSA) is 43.1 Å². The van der Waals surface area contributed by atoms with Crippen molar-refractivity contribution in [2.75, 3.05) is 0 Å². The molecule has 2 heterocycles. The first-order chi connectivity index (χ1) is 7.75. The molecule has 3 rings (SSSR count). The number of hydrogen-bond acceptors (Lipinski definition) is 3. The van der Waals surface area contributed by atoms with E-state index in [1.54, 1.807) is 12.1 Å². The molecule has 0 aliphatic carbocycles. The van der Waals surface area contributed by atoms with Crippen LogP contribution in [0.3, 0.4) is 0 Å². The summed E-state index contributed by atoms with van der Waals surface area (Å²) >= 11 is 0. The Hall–Kier alpha value is -2.16. The molecule has 2 aromatic heterocycles. The zero-order valence-corrected chi connectivity index (χ0v) is 8.73. The van der Waals surface area contributed by atoms with E-state index in [0.717, 1.165) is 16.6 Å². The maximum absolute atomic E-state index is 11.7. The van der Waals surface area contributed by atoms with Crippen molar-refractivity contribution in [1.82, 2.24) is 4.98 Å². The molecule has 3 aromatic rings. The van der Waals surface area contributed by atoms with Crippen LogP contribution in [-0.4, -0.2) is 4.98 Å². The quantitative estimate of drug-likeness (QED) is 0.537. The normalized spacial score (nSPS) is 11.1. The van der Waals surface area contributed by atoms with Gasteiger partial charge in [-0.25, -0.2) is 9.78 Å². The van der Waals surface area contributed by atoms with E-state index in [4.69, 9.17) is 4.42 Å². The first-order valence-corrected chi connectivity index (χ1v) is 5.05. The lowest BCUT2D eigenvalue weighted by atomic mass is 10.1. The van der Waals surface area contributed by atoms with Gasteiger partial charge in [0, 0.05) is 11.1 Å². The molecule has 78 valence electrons. The Kier molecular flexibility index (Phi) is 1.80. The SMILES string of the molecule is Cc1ccc2oc(=O)c3ccccc3c2n1. The van der Waals surface area contributed by atoms with E-state index < -0.39 is 0 Å². The molecule has 3 nitrogen and oxygen atoms in total. The third kappa shape index (κ3) is 1.21. The lowest BCUT2D eigenvalue weighted by molar-refractivity contribution is 0.568. The fraction of sp³-hybridized carbons (Fsp3) is 0.0769. The molecule has 0 N–H and O–H groups in total. The number of benzene rings is 1. The molecule has 0 radical (unpaired) electrons. The van der Waals surface area contributed by atoms with Gasteiger partial charge < -0.3 is 4.42 Å². The van der Waals surface area contributed by atoms with Crippen molar-refractivity contribution >= 4 is 21.9 Å². The van der Waals surface area contributed by atoms with Crippen LogP contribution >= 0.6 is 0 Å². The summed E-state index contributed by atoms with van der Waals surface area (Å²) in [6.45, 7) is 1.92. The molecule has 0 unspecified atom stereocenters. The van der Waals surface area contributed by atoms with Crippen molar-refractivity contribution in [2.45, 2.75) is 6.92 Å². The molecule has 0 bridgehead atoms. The molecule has 0 saturated heterocycles. The first-order valence-electron chi connectivity index (χ1n) is 5.05. The van der Waals surface area contributed by atoms with Gasteiger partial charge in [0.2, 0.25) is 0 Å². The number of aryl methyl sites for hydroxylation is 1. The Bertz CT molecular complexity index is 744. The highest BCUT2D eigenvalue weighted by atomic mass is 16.4. The Morgan fingerprint density at radius 3 is 2.62 bits per heavy atom. The molecule has 0 aliphatic rings. The molecule has 3 heteroatoms. The van der Waals surface area contributed by atoms with Gasteiger partial charge in [-0.3, -0.25) is 0 Å². The second kappa shape index (κ2) is 3.17. The Balaban J connectivity index is 2.66. The van der Waals surface area contributed by atoms with Crippen LogP contribution in [0.2, 0.25) is 0 Å². The number of pyridine rings is 1. The lowest BCUT2D eigenvalue weighted by Crippen LogP contribution is -2.00. The van der Waals surface area contributed by atoms with E-state index in [-0.39, 0.29) is 5.63 Å². The van der Waals surface area contributed by atoms with Gasteiger partial charge in [0.25, 0.3) is 0 Å². The predicted octanol–water partition coefficient (Wildman–Crippen LogP) is 2.65. The van der Waals surface area contributed by atoms with Gasteiger partial charge in [-0.1, -0.05) is 18.2 Å². The molecule has 0 amide bonds. The van der Waals surface area contributed by atoms with Crippen LogP contribution in [0.4, 0.5) is 0 Å². The van der Waals surface area contributed by atoms with E-state index in [0.29, 0.717) is 11.0 Å². The third-order valence-corrected chi connectivity index (χ3v) is 2.60. The third-order valence-electron chi connectivity index (χ3n) is 2.60. The maximum atomic E-state index is 11.7. The summed E-state index contributed by atoms with van der Waals surface area (Å²) in [6, 6.07) is 11.0. The van der Waals surface area contributed by atoms with Crippen molar-refractivity contribution in [1.29, 1.82) is 0 Å². The minimum Gasteiger partial charge on any atom is -0.421 e. The summed E-state index contributed by atoms with van der Waals surface area (Å²) in [6.07, 6.45) is 0. The second-order valence-corrected chi connectivity index (χ2v) is 3.73. The fourth-order valence-corrected chi connectivity index (χ4v) is 1.84. The molecule has 16 heavy (non-hydrogen) atoms. The largest absolute Gasteiger partial charge is 0.421 e. The van der Waals surface area contributed by atoms with Gasteiger partial charge in [0.1, 0.15) is 5.52 Å². The van der Waals surface area contributed by atoms with Gasteiger partial charge in [-0.2, -0.15) is 0 Å². The Labute approximate surface area is 91.3 Å². The zero-order chi connectivity index (χ0) is 11.1. The first kappa shape index (κ1) is 9.09. The van der Waals surface area contributed by atoms with E-state index in [2.05, 4.69) is 4.98 Å². The monoisotopic (exact) mass is 211 g/mol. The summed E-state index contributed by atoms with van der Waals surface area (Å²) < 4.78 is 5.21. The summed E-state index contributed by atoms with van der Waals surface area (Å²) in [5.74, 6) is 0. The molecule has 0 fully saturated rings. The van der Waals surface area contributed by atoms with E-state index in [9.17, 15) is 4.79 Å². The van der Waals surface area contributed by atoms with Crippen LogP contribution in [0.1, 0.15) is 5.69 Å². The van der Waals surface area contributed by atoms with Crippen LogP contribution in [0.15, 0.2) is 45.6 Å². The highest BCUT2D eigenvalue weighted by molar-refractivity contribution is 6.01. The number of nitrogens with zero attached hydrogens (tertiary/aromatic N) is 1. The van der Waals surface area contributed by atoms with E-state index in [1.165, 1.54) is 0 Å². The van der Waals surface area contributed by atoms with Crippen LogP contribution in [0, 0.1) is 6.92 Å². The zero-order valence-electron chi connectivity index (χ0n) is 8.73. The van der Waals surface area contributed by atoms with Gasteiger partial charge in [0.05, 0.1) is 5.39 Å². The van der Waals surface area contributed by atoms with Crippen LogP contribution < -0.4 is 5.63 Å². The molecule has 0 spiro atoms. The fourth-order valence-electron chi connectivity index (χ4n) is 1.84. The lowest BCUT2D eigenvalue weighted by Gasteiger charge is -2.01. The molecule has 0 atom stereocenters. The van der Waals surface area contributed by atoms with Gasteiger partial charge in [0.15, 0.2) is 5.58 Å². The van der Waals surface area contributed by atoms with Crippen molar-refractivity contribution in [3.63, 3.8) is 0 Å². The molecule has 0 saturated carbocycles. The van der Waals surface area contributed by atoms with Gasteiger partial charge in [-0.05, 0) is 25.1 Å². The van der Waals surface area contributed by atoms with Crippen LogP contribution in [0.5, 0.6) is 0 Å². The van der Waals surface area contributed by atoms with Crippen molar-refractivity contribution in [2.24, 2.45) is 0 Å². The summed E-state index contributed by atoms with van der Waals surface area (Å²) in [5, 5.41) is 1.42. The highest BCUT2D eigenvalue weighted by Crippen LogP contribution is 2.20. The predicted molar refractivity (Wildman–Crippen MR) is 62.5 cm³/mol. The smallest absolute Gasteiger partial charge is 0.344 e. The van der Waals surface area contributed by atoms with Crippen LogP contribution in [0.25, 0.3) is 21.9 Å². The van der Waals surface area contributed by atoms with E-state index in [1.807, 2.05) is 31.2 Å². The molecular formula is C13H9NO2. The number of aromatic nitrogens is 1.